The zero-order chi connectivity index (χ0) is 9.72. The van der Waals surface area contributed by atoms with E-state index in [2.05, 4.69) is 4.74 Å². The van der Waals surface area contributed by atoms with Gasteiger partial charge in [-0.25, -0.2) is 9.59 Å². The largest absolute Gasteiger partial charge is 0.477 e. The summed E-state index contributed by atoms with van der Waals surface area (Å²) in [5.41, 5.74) is 0.165. The molecule has 4 heteroatoms. The minimum Gasteiger partial charge on any atom is -0.477 e. The molecule has 0 heterocycles. The first-order valence-corrected chi connectivity index (χ1v) is 3.58. The topological polar surface area (TPSA) is 63.6 Å². The second-order valence-corrected chi connectivity index (χ2v) is 2.40. The number of aliphatic carboxylic acids is 1. The van der Waals surface area contributed by atoms with E-state index < -0.39 is 11.9 Å². The summed E-state index contributed by atoms with van der Waals surface area (Å²) in [7, 11) is 0. The summed E-state index contributed by atoms with van der Waals surface area (Å²) in [5, 5.41) is 8.58. The molecule has 0 saturated heterocycles. The molecule has 0 aromatic rings. The summed E-state index contributed by atoms with van der Waals surface area (Å²) in [6, 6.07) is 0. The number of carboxylic acids is 1. The van der Waals surface area contributed by atoms with Gasteiger partial charge in [0.25, 0.3) is 0 Å². The maximum absolute atomic E-state index is 11.0. The van der Waals surface area contributed by atoms with Crippen LogP contribution in [0.1, 0.15) is 20.8 Å². The van der Waals surface area contributed by atoms with Crippen molar-refractivity contribution in [1.29, 1.82) is 0 Å². The predicted octanol–water partition coefficient (Wildman–Crippen LogP) is 0.970. The van der Waals surface area contributed by atoms with E-state index in [0.29, 0.717) is 5.57 Å². The van der Waals surface area contributed by atoms with Crippen molar-refractivity contribution in [2.75, 3.05) is 6.61 Å². The third-order valence-electron chi connectivity index (χ3n) is 1.19. The number of esters is 1. The quantitative estimate of drug-likeness (QED) is 0.298. The van der Waals surface area contributed by atoms with Crippen molar-refractivity contribution in [3.63, 3.8) is 0 Å². The monoisotopic (exact) mass is 172 g/mol. The Kier molecular flexibility index (Phi) is 4.04. The van der Waals surface area contributed by atoms with Crippen LogP contribution in [-0.2, 0) is 14.3 Å². The van der Waals surface area contributed by atoms with Crippen LogP contribution in [0.25, 0.3) is 0 Å². The maximum atomic E-state index is 11.0. The molecule has 0 spiro atoms. The Labute approximate surface area is 70.8 Å². The SMILES string of the molecule is CCOC(=O)C(C(=O)O)=C(C)C. The summed E-state index contributed by atoms with van der Waals surface area (Å²) in [6.45, 7) is 4.92. The summed E-state index contributed by atoms with van der Waals surface area (Å²) < 4.78 is 4.55. The molecule has 0 saturated carbocycles. The van der Waals surface area contributed by atoms with Gasteiger partial charge in [-0.2, -0.15) is 0 Å². The van der Waals surface area contributed by atoms with Crippen LogP contribution < -0.4 is 0 Å². The van der Waals surface area contributed by atoms with Crippen LogP contribution in [0.2, 0.25) is 0 Å². The highest BCUT2D eigenvalue weighted by Gasteiger charge is 2.19. The number of rotatable bonds is 3. The van der Waals surface area contributed by atoms with Crippen molar-refractivity contribution in [3.05, 3.63) is 11.1 Å². The zero-order valence-electron chi connectivity index (χ0n) is 7.38. The Morgan fingerprint density at radius 2 is 1.83 bits per heavy atom. The van der Waals surface area contributed by atoms with Crippen LogP contribution >= 0.6 is 0 Å². The van der Waals surface area contributed by atoms with Crippen molar-refractivity contribution in [2.45, 2.75) is 20.8 Å². The highest BCUT2D eigenvalue weighted by Crippen LogP contribution is 2.05. The third kappa shape index (κ3) is 2.74. The molecular weight excluding hydrogens is 160 g/mol. The summed E-state index contributed by atoms with van der Waals surface area (Å²) in [4.78, 5) is 21.5. The average Bonchev–Trinajstić information content (AvgIpc) is 1.85. The molecule has 0 aromatic heterocycles. The van der Waals surface area contributed by atoms with E-state index >= 15 is 0 Å². The standard InChI is InChI=1S/C8H12O4/c1-4-12-8(11)6(5(2)3)7(9)10/h4H2,1-3H3,(H,9,10). The fourth-order valence-electron chi connectivity index (χ4n) is 0.709. The molecule has 0 unspecified atom stereocenters. The molecule has 0 atom stereocenters. The molecule has 12 heavy (non-hydrogen) atoms. The number of carboxylic acid groups (broad SMARTS) is 1. The van der Waals surface area contributed by atoms with Gasteiger partial charge in [0.1, 0.15) is 5.57 Å². The van der Waals surface area contributed by atoms with E-state index in [0.717, 1.165) is 0 Å². The van der Waals surface area contributed by atoms with Gasteiger partial charge in [0.05, 0.1) is 6.61 Å². The number of allylic oxidation sites excluding steroid dienone is 1. The Morgan fingerprint density at radius 1 is 1.33 bits per heavy atom. The molecule has 68 valence electrons. The number of carbonyl (C=O) groups is 2. The molecule has 0 radical (unpaired) electrons. The molecular formula is C8H12O4. The number of carbonyl (C=O) groups excluding carboxylic acids is 1. The van der Waals surface area contributed by atoms with Gasteiger partial charge in [0, 0.05) is 0 Å². The Balaban J connectivity index is 4.67. The third-order valence-corrected chi connectivity index (χ3v) is 1.19. The maximum Gasteiger partial charge on any atom is 0.345 e. The van der Waals surface area contributed by atoms with Gasteiger partial charge in [-0.1, -0.05) is 5.57 Å². The van der Waals surface area contributed by atoms with Gasteiger partial charge in [-0.05, 0) is 20.8 Å². The molecule has 4 nitrogen and oxygen atoms in total. The van der Waals surface area contributed by atoms with Crippen LogP contribution in [0.5, 0.6) is 0 Å². The molecule has 0 amide bonds. The Bertz CT molecular complexity index is 223. The van der Waals surface area contributed by atoms with Crippen LogP contribution in [0, 0.1) is 0 Å². The second-order valence-electron chi connectivity index (χ2n) is 2.40. The Morgan fingerprint density at radius 3 is 2.08 bits per heavy atom. The number of hydrogen-bond acceptors (Lipinski definition) is 3. The van der Waals surface area contributed by atoms with Crippen molar-refractivity contribution in [1.82, 2.24) is 0 Å². The van der Waals surface area contributed by atoms with E-state index in [1.165, 1.54) is 0 Å². The van der Waals surface area contributed by atoms with Crippen LogP contribution in [0.4, 0.5) is 0 Å². The molecule has 0 rings (SSSR count). The van der Waals surface area contributed by atoms with Gasteiger partial charge < -0.3 is 9.84 Å². The van der Waals surface area contributed by atoms with Crippen LogP contribution in [-0.4, -0.2) is 23.7 Å². The molecule has 0 aliphatic carbocycles. The van der Waals surface area contributed by atoms with E-state index in [4.69, 9.17) is 5.11 Å². The lowest BCUT2D eigenvalue weighted by Crippen LogP contribution is -2.16. The van der Waals surface area contributed by atoms with Crippen molar-refractivity contribution < 1.29 is 19.4 Å². The fourth-order valence-corrected chi connectivity index (χ4v) is 0.709. The fraction of sp³-hybridized carbons (Fsp3) is 0.500. The van der Waals surface area contributed by atoms with Gasteiger partial charge in [0.2, 0.25) is 0 Å². The van der Waals surface area contributed by atoms with E-state index in [1.807, 2.05) is 0 Å². The summed E-state index contributed by atoms with van der Waals surface area (Å²) in [6.07, 6.45) is 0. The molecule has 0 aliphatic heterocycles. The molecule has 0 aromatic carbocycles. The summed E-state index contributed by atoms with van der Waals surface area (Å²) in [5.74, 6) is -2.02. The predicted molar refractivity (Wildman–Crippen MR) is 42.6 cm³/mol. The van der Waals surface area contributed by atoms with Crippen LogP contribution in [0.15, 0.2) is 11.1 Å². The van der Waals surface area contributed by atoms with E-state index in [1.54, 1.807) is 20.8 Å². The first-order valence-electron chi connectivity index (χ1n) is 3.58. The first kappa shape index (κ1) is 10.7. The molecule has 0 fully saturated rings. The van der Waals surface area contributed by atoms with Crippen LogP contribution in [0.3, 0.4) is 0 Å². The summed E-state index contributed by atoms with van der Waals surface area (Å²) >= 11 is 0. The number of hydrogen-bond donors (Lipinski definition) is 1. The van der Waals surface area contributed by atoms with Gasteiger partial charge in [-0.15, -0.1) is 0 Å². The smallest absolute Gasteiger partial charge is 0.345 e. The van der Waals surface area contributed by atoms with Crippen molar-refractivity contribution in [3.8, 4) is 0 Å². The van der Waals surface area contributed by atoms with E-state index in [-0.39, 0.29) is 12.2 Å². The van der Waals surface area contributed by atoms with Gasteiger partial charge >= 0.3 is 11.9 Å². The lowest BCUT2D eigenvalue weighted by Gasteiger charge is -2.03. The lowest BCUT2D eigenvalue weighted by atomic mass is 10.1. The first-order chi connectivity index (χ1) is 5.50. The number of ether oxygens (including phenoxy) is 1. The average molecular weight is 172 g/mol. The van der Waals surface area contributed by atoms with Gasteiger partial charge in [-0.3, -0.25) is 0 Å². The van der Waals surface area contributed by atoms with E-state index in [9.17, 15) is 9.59 Å². The Hall–Kier alpha value is -1.32. The second kappa shape index (κ2) is 4.54. The molecule has 1 N–H and O–H groups in total. The van der Waals surface area contributed by atoms with Crippen molar-refractivity contribution in [2.24, 2.45) is 0 Å². The van der Waals surface area contributed by atoms with Gasteiger partial charge in [0.15, 0.2) is 0 Å². The highest BCUT2D eigenvalue weighted by molar-refractivity contribution is 6.13. The molecule has 0 bridgehead atoms. The molecule has 0 aliphatic rings. The van der Waals surface area contributed by atoms with Crippen molar-refractivity contribution >= 4 is 11.9 Å². The normalized spacial score (nSPS) is 8.92. The zero-order valence-corrected chi connectivity index (χ0v) is 7.38. The lowest BCUT2D eigenvalue weighted by molar-refractivity contribution is -0.143. The highest BCUT2D eigenvalue weighted by atomic mass is 16.5. The minimum atomic E-state index is -1.24. The minimum absolute atomic E-state index is 0.183.